The Morgan fingerprint density at radius 2 is 1.67 bits per heavy atom. The summed E-state index contributed by atoms with van der Waals surface area (Å²) < 4.78 is 12.8. The molecule has 33 heavy (non-hydrogen) atoms. The third-order valence-corrected chi connectivity index (χ3v) is 5.51. The highest BCUT2D eigenvalue weighted by Crippen LogP contribution is 2.39. The van der Waals surface area contributed by atoms with E-state index in [1.165, 1.54) is 13.4 Å². The van der Waals surface area contributed by atoms with Crippen LogP contribution in [0.25, 0.3) is 5.70 Å². The first-order chi connectivity index (χ1) is 16.2. The topological polar surface area (TPSA) is 78.3 Å². The van der Waals surface area contributed by atoms with Gasteiger partial charge >= 0.3 is 5.97 Å². The molecule has 0 saturated carbocycles. The average molecular weight is 438 g/mol. The van der Waals surface area contributed by atoms with Crippen molar-refractivity contribution in [3.63, 3.8) is 0 Å². The maximum Gasteiger partial charge on any atom is 0.338 e. The van der Waals surface area contributed by atoms with Crippen LogP contribution in [0.5, 0.6) is 5.75 Å². The number of esters is 1. The number of carbonyl (C=O) groups excluding carboxylic acids is 1. The van der Waals surface area contributed by atoms with Crippen LogP contribution in [0.2, 0.25) is 0 Å². The van der Waals surface area contributed by atoms with Gasteiger partial charge in [0.2, 0.25) is 5.95 Å². The number of aromatic nitrogens is 3. The van der Waals surface area contributed by atoms with Gasteiger partial charge < -0.3 is 14.8 Å². The predicted molar refractivity (Wildman–Crippen MR) is 124 cm³/mol. The second kappa shape index (κ2) is 9.00. The first-order valence-electron chi connectivity index (χ1n) is 10.6. The summed E-state index contributed by atoms with van der Waals surface area (Å²) in [6.07, 6.45) is 1.47. The summed E-state index contributed by atoms with van der Waals surface area (Å²) in [5.41, 5.74) is 3.93. The standard InChI is InChI=1S/C26H22N4O3/c1-32-25(31)22-23(19-10-6-3-7-11-19)29-26-27-17-28-30(26)24(22)20-12-14-21(15-13-20)33-16-18-8-4-2-5-9-18/h2-15,17,24H,16H2,1H3,(H,27,28,29)/t24-/m0/s1. The summed E-state index contributed by atoms with van der Waals surface area (Å²) in [6.45, 7) is 0.478. The molecule has 1 N–H and O–H groups in total. The molecule has 1 atom stereocenters. The average Bonchev–Trinajstić information content (AvgIpc) is 3.36. The maximum atomic E-state index is 13.0. The Hall–Kier alpha value is -4.39. The SMILES string of the molecule is COC(=O)C1=C(c2ccccc2)Nc2ncnn2[C@H]1c1ccc(OCc2ccccc2)cc1. The van der Waals surface area contributed by atoms with Gasteiger partial charge in [-0.25, -0.2) is 9.48 Å². The largest absolute Gasteiger partial charge is 0.489 e. The first kappa shape index (κ1) is 20.5. The molecule has 2 heterocycles. The van der Waals surface area contributed by atoms with Crippen molar-refractivity contribution in [2.45, 2.75) is 12.6 Å². The molecule has 0 unspecified atom stereocenters. The molecule has 0 aliphatic carbocycles. The Morgan fingerprint density at radius 1 is 0.970 bits per heavy atom. The van der Waals surface area contributed by atoms with Gasteiger partial charge in [-0.15, -0.1) is 0 Å². The van der Waals surface area contributed by atoms with E-state index in [-0.39, 0.29) is 0 Å². The highest BCUT2D eigenvalue weighted by Gasteiger charge is 2.35. The van der Waals surface area contributed by atoms with E-state index in [0.717, 1.165) is 22.4 Å². The van der Waals surface area contributed by atoms with Gasteiger partial charge in [-0.1, -0.05) is 72.8 Å². The normalized spacial score (nSPS) is 14.9. The van der Waals surface area contributed by atoms with Gasteiger partial charge in [0.05, 0.1) is 18.4 Å². The molecule has 0 saturated heterocycles. The van der Waals surface area contributed by atoms with Crippen LogP contribution in [0, 0.1) is 0 Å². The summed E-state index contributed by atoms with van der Waals surface area (Å²) in [5.74, 6) is 0.857. The minimum Gasteiger partial charge on any atom is -0.489 e. The van der Waals surface area contributed by atoms with Crippen LogP contribution in [0.1, 0.15) is 22.7 Å². The molecule has 0 amide bonds. The van der Waals surface area contributed by atoms with Gasteiger partial charge in [0.15, 0.2) is 0 Å². The lowest BCUT2D eigenvalue weighted by atomic mass is 9.93. The fourth-order valence-corrected chi connectivity index (χ4v) is 3.92. The molecule has 7 heteroatoms. The van der Waals surface area contributed by atoms with Gasteiger partial charge in [0.25, 0.3) is 0 Å². The molecule has 0 spiro atoms. The Kier molecular flexibility index (Phi) is 5.59. The van der Waals surface area contributed by atoms with E-state index in [2.05, 4.69) is 15.4 Å². The summed E-state index contributed by atoms with van der Waals surface area (Å²) in [6, 6.07) is 26.8. The first-order valence-corrected chi connectivity index (χ1v) is 10.6. The molecule has 0 fully saturated rings. The van der Waals surface area contributed by atoms with Gasteiger partial charge in [0, 0.05) is 0 Å². The van der Waals surface area contributed by atoms with Gasteiger partial charge in [-0.3, -0.25) is 0 Å². The minimum absolute atomic E-state index is 0.433. The maximum absolute atomic E-state index is 13.0. The molecule has 4 aromatic rings. The fourth-order valence-electron chi connectivity index (χ4n) is 3.92. The Balaban J connectivity index is 1.52. The van der Waals surface area contributed by atoms with Crippen molar-refractivity contribution in [2.24, 2.45) is 0 Å². The Labute approximate surface area is 191 Å². The highest BCUT2D eigenvalue weighted by atomic mass is 16.5. The predicted octanol–water partition coefficient (Wildman–Crippen LogP) is 4.46. The molecule has 1 aliphatic heterocycles. The van der Waals surface area contributed by atoms with E-state index in [9.17, 15) is 4.79 Å². The van der Waals surface area contributed by atoms with Crippen molar-refractivity contribution in [3.8, 4) is 5.75 Å². The molecule has 1 aliphatic rings. The number of hydrogen-bond acceptors (Lipinski definition) is 6. The minimum atomic E-state index is -0.505. The quantitative estimate of drug-likeness (QED) is 0.448. The second-order valence-electron chi connectivity index (χ2n) is 7.55. The zero-order valence-electron chi connectivity index (χ0n) is 18.0. The van der Waals surface area contributed by atoms with Gasteiger partial charge in [-0.2, -0.15) is 10.1 Å². The lowest BCUT2D eigenvalue weighted by Gasteiger charge is -2.29. The monoisotopic (exact) mass is 438 g/mol. The number of nitrogens with zero attached hydrogens (tertiary/aromatic N) is 3. The molecule has 0 bridgehead atoms. The number of anilines is 1. The fraction of sp³-hybridized carbons (Fsp3) is 0.115. The summed E-state index contributed by atoms with van der Waals surface area (Å²) in [7, 11) is 1.38. The third kappa shape index (κ3) is 4.08. The number of rotatable bonds is 6. The van der Waals surface area contributed by atoms with Crippen molar-refractivity contribution < 1.29 is 14.3 Å². The van der Waals surface area contributed by atoms with E-state index in [1.807, 2.05) is 84.9 Å². The third-order valence-electron chi connectivity index (χ3n) is 5.51. The van der Waals surface area contributed by atoms with Crippen molar-refractivity contribution >= 4 is 17.6 Å². The number of nitrogens with one attached hydrogen (secondary N) is 1. The Morgan fingerprint density at radius 3 is 2.36 bits per heavy atom. The van der Waals surface area contributed by atoms with Crippen LogP contribution < -0.4 is 10.1 Å². The number of methoxy groups -OCH3 is 1. The number of benzene rings is 3. The van der Waals surface area contributed by atoms with Crippen molar-refractivity contribution in [3.05, 3.63) is 114 Å². The summed E-state index contributed by atoms with van der Waals surface area (Å²) in [4.78, 5) is 17.3. The second-order valence-corrected chi connectivity index (χ2v) is 7.55. The summed E-state index contributed by atoms with van der Waals surface area (Å²) >= 11 is 0. The lowest BCUT2D eigenvalue weighted by Crippen LogP contribution is -2.29. The molecule has 0 radical (unpaired) electrons. The van der Waals surface area contributed by atoms with E-state index < -0.39 is 12.0 Å². The van der Waals surface area contributed by atoms with Crippen molar-refractivity contribution in [2.75, 3.05) is 12.4 Å². The molecular weight excluding hydrogens is 416 g/mol. The zero-order chi connectivity index (χ0) is 22.6. The van der Waals surface area contributed by atoms with Gasteiger partial charge in [-0.05, 0) is 28.8 Å². The lowest BCUT2D eigenvalue weighted by molar-refractivity contribution is -0.136. The Bertz CT molecular complexity index is 1280. The number of hydrogen-bond donors (Lipinski definition) is 1. The van der Waals surface area contributed by atoms with Crippen molar-refractivity contribution in [1.82, 2.24) is 14.8 Å². The highest BCUT2D eigenvalue weighted by molar-refractivity contribution is 6.02. The number of fused-ring (bicyclic) bond motifs is 1. The summed E-state index contributed by atoms with van der Waals surface area (Å²) in [5, 5.41) is 7.63. The van der Waals surface area contributed by atoms with Gasteiger partial charge in [0.1, 0.15) is 24.7 Å². The molecule has 164 valence electrons. The molecular formula is C26H22N4O3. The van der Waals surface area contributed by atoms with Crippen LogP contribution in [-0.2, 0) is 16.1 Å². The molecule has 7 nitrogen and oxygen atoms in total. The van der Waals surface area contributed by atoms with E-state index in [1.54, 1.807) is 4.68 Å². The zero-order valence-corrected chi connectivity index (χ0v) is 18.0. The molecule has 3 aromatic carbocycles. The van der Waals surface area contributed by atoms with Crippen LogP contribution in [0.4, 0.5) is 5.95 Å². The van der Waals surface area contributed by atoms with Crippen LogP contribution >= 0.6 is 0 Å². The smallest absolute Gasteiger partial charge is 0.338 e. The van der Waals surface area contributed by atoms with Crippen LogP contribution in [0.15, 0.2) is 96.8 Å². The van der Waals surface area contributed by atoms with Crippen LogP contribution in [-0.4, -0.2) is 27.8 Å². The molecule has 1 aromatic heterocycles. The number of ether oxygens (including phenoxy) is 2. The molecule has 5 rings (SSSR count). The van der Waals surface area contributed by atoms with E-state index >= 15 is 0 Å². The van der Waals surface area contributed by atoms with E-state index in [0.29, 0.717) is 23.8 Å². The number of carbonyl (C=O) groups is 1. The van der Waals surface area contributed by atoms with Crippen molar-refractivity contribution in [1.29, 1.82) is 0 Å². The van der Waals surface area contributed by atoms with E-state index in [4.69, 9.17) is 9.47 Å². The van der Waals surface area contributed by atoms with Crippen LogP contribution in [0.3, 0.4) is 0 Å².